The van der Waals surface area contributed by atoms with Crippen molar-refractivity contribution in [2.45, 2.75) is 51.1 Å². The highest BCUT2D eigenvalue weighted by atomic mass is 19.4. The first-order chi connectivity index (χ1) is 10.8. The molecule has 0 unspecified atom stereocenters. The van der Waals surface area contributed by atoms with E-state index in [2.05, 4.69) is 0 Å². The molecule has 1 atom stereocenters. The van der Waals surface area contributed by atoms with E-state index in [1.165, 1.54) is 17.7 Å². The van der Waals surface area contributed by atoms with Gasteiger partial charge in [0.1, 0.15) is 0 Å². The van der Waals surface area contributed by atoms with Crippen LogP contribution >= 0.6 is 0 Å². The fourth-order valence-corrected chi connectivity index (χ4v) is 3.81. The van der Waals surface area contributed by atoms with Crippen molar-refractivity contribution in [1.82, 2.24) is 9.80 Å². The molecule has 3 rings (SSSR count). The zero-order chi connectivity index (χ0) is 16.7. The summed E-state index contributed by atoms with van der Waals surface area (Å²) >= 11 is 0. The van der Waals surface area contributed by atoms with Crippen molar-refractivity contribution in [2.75, 3.05) is 26.2 Å². The van der Waals surface area contributed by atoms with Crippen molar-refractivity contribution >= 4 is 11.8 Å². The standard InChI is InChI=1S/C16H23F3N2O2/c17-16(18,19)6-4-13(22)21-9-7-15(11-21)5-1-8-20(14(15)23)10-12-2-3-12/h12H,1-11H2/t15-/m0/s1. The van der Waals surface area contributed by atoms with Crippen molar-refractivity contribution in [3.05, 3.63) is 0 Å². The fourth-order valence-electron chi connectivity index (χ4n) is 3.81. The lowest BCUT2D eigenvalue weighted by Crippen LogP contribution is -2.51. The third kappa shape index (κ3) is 3.80. The van der Waals surface area contributed by atoms with Gasteiger partial charge in [-0.15, -0.1) is 0 Å². The lowest BCUT2D eigenvalue weighted by Gasteiger charge is -2.39. The molecule has 1 spiro atoms. The van der Waals surface area contributed by atoms with Gasteiger partial charge in [0.2, 0.25) is 11.8 Å². The van der Waals surface area contributed by atoms with E-state index in [9.17, 15) is 22.8 Å². The molecule has 7 heteroatoms. The number of alkyl halides is 3. The van der Waals surface area contributed by atoms with Gasteiger partial charge in [-0.25, -0.2) is 0 Å². The number of carbonyl (C=O) groups is 2. The van der Waals surface area contributed by atoms with Crippen LogP contribution in [0.2, 0.25) is 0 Å². The minimum atomic E-state index is -4.31. The number of carbonyl (C=O) groups excluding carboxylic acids is 2. The van der Waals surface area contributed by atoms with E-state index in [0.717, 1.165) is 25.9 Å². The molecule has 4 nitrogen and oxygen atoms in total. The highest BCUT2D eigenvalue weighted by Gasteiger charge is 2.50. The second-order valence-electron chi connectivity index (χ2n) is 7.26. The first kappa shape index (κ1) is 16.6. The number of hydrogen-bond donors (Lipinski definition) is 0. The SMILES string of the molecule is O=C(CCC(F)(F)F)N1CC[C@@]2(CCCN(CC3CC3)C2=O)C1. The normalized spacial score (nSPS) is 28.7. The molecular weight excluding hydrogens is 309 g/mol. The molecule has 2 aliphatic heterocycles. The maximum Gasteiger partial charge on any atom is 0.389 e. The summed E-state index contributed by atoms with van der Waals surface area (Å²) in [5, 5.41) is 0. The molecule has 130 valence electrons. The van der Waals surface area contributed by atoms with Gasteiger partial charge in [0, 0.05) is 32.6 Å². The van der Waals surface area contributed by atoms with Crippen LogP contribution in [0.1, 0.15) is 44.9 Å². The number of likely N-dealkylation sites (tertiary alicyclic amines) is 2. The maximum absolute atomic E-state index is 12.8. The molecule has 0 bridgehead atoms. The summed E-state index contributed by atoms with van der Waals surface area (Å²) in [6, 6.07) is 0. The van der Waals surface area contributed by atoms with Crippen LogP contribution in [0.25, 0.3) is 0 Å². The van der Waals surface area contributed by atoms with Gasteiger partial charge < -0.3 is 9.80 Å². The summed E-state index contributed by atoms with van der Waals surface area (Å²) in [5.74, 6) is 0.258. The van der Waals surface area contributed by atoms with Gasteiger partial charge in [-0.3, -0.25) is 9.59 Å². The van der Waals surface area contributed by atoms with Crippen LogP contribution in [-0.2, 0) is 9.59 Å². The average molecular weight is 332 g/mol. The highest BCUT2D eigenvalue weighted by Crippen LogP contribution is 2.42. The largest absolute Gasteiger partial charge is 0.389 e. The van der Waals surface area contributed by atoms with Crippen molar-refractivity contribution in [2.24, 2.45) is 11.3 Å². The molecule has 3 fully saturated rings. The molecule has 0 aromatic rings. The Morgan fingerprint density at radius 3 is 2.61 bits per heavy atom. The second kappa shape index (κ2) is 5.98. The monoisotopic (exact) mass is 332 g/mol. The smallest absolute Gasteiger partial charge is 0.342 e. The van der Waals surface area contributed by atoms with Crippen LogP contribution in [0, 0.1) is 11.3 Å². The Kier molecular flexibility index (Phi) is 4.31. The zero-order valence-electron chi connectivity index (χ0n) is 13.2. The summed E-state index contributed by atoms with van der Waals surface area (Å²) in [6.45, 7) is 2.28. The molecule has 0 radical (unpaired) electrons. The molecule has 2 heterocycles. The van der Waals surface area contributed by atoms with Gasteiger partial charge in [0.25, 0.3) is 0 Å². The van der Waals surface area contributed by atoms with Crippen LogP contribution in [0.3, 0.4) is 0 Å². The molecule has 2 saturated heterocycles. The van der Waals surface area contributed by atoms with Crippen LogP contribution < -0.4 is 0 Å². The summed E-state index contributed by atoms with van der Waals surface area (Å²) in [5.41, 5.74) is -0.541. The number of halogens is 3. The first-order valence-electron chi connectivity index (χ1n) is 8.43. The lowest BCUT2D eigenvalue weighted by atomic mass is 9.78. The molecule has 1 saturated carbocycles. The van der Waals surface area contributed by atoms with Gasteiger partial charge in [-0.05, 0) is 38.0 Å². The number of rotatable bonds is 4. The third-order valence-corrected chi connectivity index (χ3v) is 5.33. The Morgan fingerprint density at radius 1 is 1.22 bits per heavy atom. The predicted octanol–water partition coefficient (Wildman–Crippen LogP) is 2.58. The number of amides is 2. The Balaban J connectivity index is 1.58. The van der Waals surface area contributed by atoms with Gasteiger partial charge in [-0.1, -0.05) is 0 Å². The lowest BCUT2D eigenvalue weighted by molar-refractivity contribution is -0.150. The van der Waals surface area contributed by atoms with Crippen molar-refractivity contribution in [3.8, 4) is 0 Å². The van der Waals surface area contributed by atoms with Gasteiger partial charge >= 0.3 is 6.18 Å². The van der Waals surface area contributed by atoms with Crippen molar-refractivity contribution in [1.29, 1.82) is 0 Å². The van der Waals surface area contributed by atoms with E-state index >= 15 is 0 Å². The van der Waals surface area contributed by atoms with E-state index in [0.29, 0.717) is 25.4 Å². The molecule has 2 amide bonds. The Bertz CT molecular complexity index is 490. The first-order valence-corrected chi connectivity index (χ1v) is 8.43. The van der Waals surface area contributed by atoms with E-state index in [1.807, 2.05) is 4.90 Å². The molecular formula is C16H23F3N2O2. The van der Waals surface area contributed by atoms with Gasteiger partial charge in [0.05, 0.1) is 11.8 Å². The number of piperidine rings is 1. The third-order valence-electron chi connectivity index (χ3n) is 5.33. The average Bonchev–Trinajstić information content (AvgIpc) is 3.19. The minimum Gasteiger partial charge on any atom is -0.342 e. The number of nitrogens with zero attached hydrogens (tertiary/aromatic N) is 2. The van der Waals surface area contributed by atoms with E-state index in [1.54, 1.807) is 0 Å². The molecule has 0 N–H and O–H groups in total. The zero-order valence-corrected chi connectivity index (χ0v) is 13.2. The van der Waals surface area contributed by atoms with Crippen LogP contribution in [0.4, 0.5) is 13.2 Å². The van der Waals surface area contributed by atoms with Crippen LogP contribution in [0.5, 0.6) is 0 Å². The van der Waals surface area contributed by atoms with Crippen molar-refractivity contribution < 1.29 is 22.8 Å². The Hall–Kier alpha value is -1.27. The maximum atomic E-state index is 12.8. The van der Waals surface area contributed by atoms with E-state index in [4.69, 9.17) is 0 Å². The molecule has 3 aliphatic rings. The van der Waals surface area contributed by atoms with Gasteiger partial charge in [0.15, 0.2) is 0 Å². The minimum absolute atomic E-state index is 0.113. The fraction of sp³-hybridized carbons (Fsp3) is 0.875. The van der Waals surface area contributed by atoms with Crippen LogP contribution in [-0.4, -0.2) is 54.0 Å². The Morgan fingerprint density at radius 2 is 1.96 bits per heavy atom. The second-order valence-corrected chi connectivity index (χ2v) is 7.26. The summed E-state index contributed by atoms with van der Waals surface area (Å²) in [4.78, 5) is 28.2. The Labute approximate surface area is 134 Å². The summed E-state index contributed by atoms with van der Waals surface area (Å²) in [6.07, 6.45) is -1.30. The summed E-state index contributed by atoms with van der Waals surface area (Å²) in [7, 11) is 0. The van der Waals surface area contributed by atoms with Crippen molar-refractivity contribution in [3.63, 3.8) is 0 Å². The van der Waals surface area contributed by atoms with Crippen LogP contribution in [0.15, 0.2) is 0 Å². The molecule has 0 aromatic carbocycles. The van der Waals surface area contributed by atoms with E-state index < -0.39 is 30.3 Å². The molecule has 23 heavy (non-hydrogen) atoms. The highest BCUT2D eigenvalue weighted by molar-refractivity contribution is 5.86. The molecule has 0 aromatic heterocycles. The number of hydrogen-bond acceptors (Lipinski definition) is 2. The van der Waals surface area contributed by atoms with Gasteiger partial charge in [-0.2, -0.15) is 13.2 Å². The predicted molar refractivity (Wildman–Crippen MR) is 77.5 cm³/mol. The molecule has 1 aliphatic carbocycles. The quantitative estimate of drug-likeness (QED) is 0.794. The topological polar surface area (TPSA) is 40.6 Å². The summed E-state index contributed by atoms with van der Waals surface area (Å²) < 4.78 is 36.8. The van der Waals surface area contributed by atoms with E-state index in [-0.39, 0.29) is 5.91 Å².